The monoisotopic (exact) mass is 415 g/mol. The zero-order chi connectivity index (χ0) is 21.6. The van der Waals surface area contributed by atoms with Crippen LogP contribution in [-0.4, -0.2) is 27.2 Å². The fourth-order valence-electron chi connectivity index (χ4n) is 3.55. The van der Waals surface area contributed by atoms with Crippen LogP contribution in [0.1, 0.15) is 23.1 Å². The topological polar surface area (TPSA) is 80.3 Å². The van der Waals surface area contributed by atoms with Gasteiger partial charge in [0, 0.05) is 43.0 Å². The summed E-state index contributed by atoms with van der Waals surface area (Å²) in [5.74, 6) is 0.644. The minimum Gasteiger partial charge on any atom is -0.480 e. The van der Waals surface area contributed by atoms with Gasteiger partial charge in [-0.3, -0.25) is 0 Å². The Morgan fingerprint density at radius 1 is 1.06 bits per heavy atom. The van der Waals surface area contributed by atoms with Gasteiger partial charge in [0.1, 0.15) is 11.8 Å². The molecular formula is C25H25N3O3. The number of carboxylic acid groups (broad SMARTS) is 1. The highest BCUT2D eigenvalue weighted by Gasteiger charge is 2.19. The van der Waals surface area contributed by atoms with Crippen LogP contribution in [0.5, 0.6) is 0 Å². The molecule has 2 N–H and O–H groups in total. The Hall–Kier alpha value is -3.80. The number of aliphatic carboxylic acids is 1. The molecule has 0 radical (unpaired) electrons. The van der Waals surface area contributed by atoms with E-state index in [-0.39, 0.29) is 0 Å². The summed E-state index contributed by atoms with van der Waals surface area (Å²) in [4.78, 5) is 16.3. The second-order valence-corrected chi connectivity index (χ2v) is 7.45. The lowest BCUT2D eigenvalue weighted by molar-refractivity contribution is -0.140. The van der Waals surface area contributed by atoms with Crippen LogP contribution < -0.4 is 5.32 Å². The molecule has 158 valence electrons. The molecule has 2 heterocycles. The van der Waals surface area contributed by atoms with Gasteiger partial charge in [-0.1, -0.05) is 30.3 Å². The summed E-state index contributed by atoms with van der Waals surface area (Å²) in [7, 11) is 0. The fraction of sp³-hybridized carbons (Fsp3) is 0.200. The van der Waals surface area contributed by atoms with Crippen LogP contribution in [0.3, 0.4) is 0 Å². The molecule has 0 bridgehead atoms. The van der Waals surface area contributed by atoms with Crippen molar-refractivity contribution in [1.29, 1.82) is 0 Å². The summed E-state index contributed by atoms with van der Waals surface area (Å²) < 4.78 is 7.54. The molecule has 0 fully saturated rings. The average molecular weight is 415 g/mol. The Bertz CT molecular complexity index is 1120. The normalized spacial score (nSPS) is 11.9. The Labute approximate surface area is 181 Å². The van der Waals surface area contributed by atoms with Gasteiger partial charge in [0.15, 0.2) is 0 Å². The Morgan fingerprint density at radius 3 is 2.45 bits per heavy atom. The SMILES string of the molecule is Cc1oc(-c2ccccc2)nc1CCNc1ccc(CC(C(=O)O)n2cccc2)cc1. The highest BCUT2D eigenvalue weighted by Crippen LogP contribution is 2.22. The molecule has 2 aromatic carbocycles. The number of nitrogens with one attached hydrogen (secondary N) is 1. The molecule has 6 heteroatoms. The highest BCUT2D eigenvalue weighted by molar-refractivity contribution is 5.72. The first-order chi connectivity index (χ1) is 15.1. The van der Waals surface area contributed by atoms with Crippen molar-refractivity contribution in [1.82, 2.24) is 9.55 Å². The number of benzene rings is 2. The summed E-state index contributed by atoms with van der Waals surface area (Å²) in [6, 6.07) is 20.8. The number of aryl methyl sites for hydroxylation is 1. The van der Waals surface area contributed by atoms with Crippen molar-refractivity contribution in [3.63, 3.8) is 0 Å². The van der Waals surface area contributed by atoms with Crippen molar-refractivity contribution >= 4 is 11.7 Å². The van der Waals surface area contributed by atoms with Gasteiger partial charge < -0.3 is 19.4 Å². The molecule has 4 rings (SSSR count). The first-order valence-electron chi connectivity index (χ1n) is 10.3. The molecule has 0 aliphatic heterocycles. The maximum absolute atomic E-state index is 11.6. The van der Waals surface area contributed by atoms with Gasteiger partial charge >= 0.3 is 5.97 Å². The van der Waals surface area contributed by atoms with E-state index in [1.807, 2.05) is 73.7 Å². The quantitative estimate of drug-likeness (QED) is 0.403. The second-order valence-electron chi connectivity index (χ2n) is 7.45. The molecule has 4 aromatic rings. The van der Waals surface area contributed by atoms with Crippen LogP contribution in [-0.2, 0) is 17.6 Å². The second kappa shape index (κ2) is 9.34. The van der Waals surface area contributed by atoms with Crippen LogP contribution in [0.2, 0.25) is 0 Å². The van der Waals surface area contributed by atoms with E-state index in [0.717, 1.165) is 41.2 Å². The van der Waals surface area contributed by atoms with Gasteiger partial charge in [0.25, 0.3) is 0 Å². The van der Waals surface area contributed by atoms with E-state index >= 15 is 0 Å². The number of oxazole rings is 1. The average Bonchev–Trinajstić information content (AvgIpc) is 3.44. The lowest BCUT2D eigenvalue weighted by Gasteiger charge is -2.15. The van der Waals surface area contributed by atoms with Crippen LogP contribution in [0, 0.1) is 6.92 Å². The lowest BCUT2D eigenvalue weighted by atomic mass is 10.1. The van der Waals surface area contributed by atoms with Crippen molar-refractivity contribution in [2.75, 3.05) is 11.9 Å². The maximum Gasteiger partial charge on any atom is 0.327 e. The maximum atomic E-state index is 11.6. The molecule has 0 amide bonds. The van der Waals surface area contributed by atoms with Gasteiger partial charge in [-0.05, 0) is 48.9 Å². The van der Waals surface area contributed by atoms with E-state index in [1.54, 1.807) is 17.0 Å². The third-order valence-corrected chi connectivity index (χ3v) is 5.26. The third kappa shape index (κ3) is 5.04. The third-order valence-electron chi connectivity index (χ3n) is 5.26. The molecule has 0 saturated carbocycles. The molecule has 0 spiro atoms. The Kier molecular flexibility index (Phi) is 6.17. The molecule has 0 saturated heterocycles. The number of anilines is 1. The van der Waals surface area contributed by atoms with Gasteiger partial charge in [-0.25, -0.2) is 9.78 Å². The van der Waals surface area contributed by atoms with Gasteiger partial charge in [0.05, 0.1) is 5.69 Å². The van der Waals surface area contributed by atoms with Gasteiger partial charge in [-0.2, -0.15) is 0 Å². The molecule has 0 aliphatic carbocycles. The molecule has 1 atom stereocenters. The lowest BCUT2D eigenvalue weighted by Crippen LogP contribution is -2.20. The van der Waals surface area contributed by atoms with Crippen molar-refractivity contribution in [2.45, 2.75) is 25.8 Å². The predicted octanol–water partition coefficient (Wildman–Crippen LogP) is 4.97. The van der Waals surface area contributed by atoms with Crippen molar-refractivity contribution in [3.8, 4) is 11.5 Å². The van der Waals surface area contributed by atoms with Crippen LogP contribution >= 0.6 is 0 Å². The molecule has 2 aromatic heterocycles. The van der Waals surface area contributed by atoms with E-state index in [4.69, 9.17) is 4.42 Å². The first-order valence-corrected chi connectivity index (χ1v) is 10.3. The zero-order valence-corrected chi connectivity index (χ0v) is 17.4. The molecule has 6 nitrogen and oxygen atoms in total. The summed E-state index contributed by atoms with van der Waals surface area (Å²) in [5, 5.41) is 12.9. The van der Waals surface area contributed by atoms with Crippen LogP contribution in [0.25, 0.3) is 11.5 Å². The van der Waals surface area contributed by atoms with Crippen molar-refractivity contribution in [3.05, 3.63) is 96.1 Å². The van der Waals surface area contributed by atoms with Crippen molar-refractivity contribution in [2.24, 2.45) is 0 Å². The molecular weight excluding hydrogens is 390 g/mol. The largest absolute Gasteiger partial charge is 0.480 e. The van der Waals surface area contributed by atoms with E-state index in [2.05, 4.69) is 10.3 Å². The van der Waals surface area contributed by atoms with E-state index < -0.39 is 12.0 Å². The summed E-state index contributed by atoms with van der Waals surface area (Å²) in [6.45, 7) is 2.66. The summed E-state index contributed by atoms with van der Waals surface area (Å²) in [6.07, 6.45) is 4.75. The highest BCUT2D eigenvalue weighted by atomic mass is 16.4. The molecule has 31 heavy (non-hydrogen) atoms. The predicted molar refractivity (Wildman–Crippen MR) is 120 cm³/mol. The van der Waals surface area contributed by atoms with E-state index in [0.29, 0.717) is 12.3 Å². The number of hydrogen-bond donors (Lipinski definition) is 2. The molecule has 1 unspecified atom stereocenters. The van der Waals surface area contributed by atoms with Crippen molar-refractivity contribution < 1.29 is 14.3 Å². The van der Waals surface area contributed by atoms with Crippen LogP contribution in [0.15, 0.2) is 83.5 Å². The fourth-order valence-corrected chi connectivity index (χ4v) is 3.55. The Morgan fingerprint density at radius 2 is 1.77 bits per heavy atom. The molecule has 0 aliphatic rings. The van der Waals surface area contributed by atoms with E-state index in [9.17, 15) is 9.90 Å². The minimum atomic E-state index is -0.837. The Balaban J connectivity index is 1.33. The number of rotatable bonds is 9. The summed E-state index contributed by atoms with van der Waals surface area (Å²) >= 11 is 0. The number of nitrogens with zero attached hydrogens (tertiary/aromatic N) is 2. The first kappa shape index (κ1) is 20.5. The van der Waals surface area contributed by atoms with E-state index in [1.165, 1.54) is 0 Å². The summed E-state index contributed by atoms with van der Waals surface area (Å²) in [5.41, 5.74) is 3.88. The smallest absolute Gasteiger partial charge is 0.327 e. The number of aromatic nitrogens is 2. The van der Waals surface area contributed by atoms with Crippen LogP contribution in [0.4, 0.5) is 5.69 Å². The number of carbonyl (C=O) groups is 1. The van der Waals surface area contributed by atoms with Gasteiger partial charge in [0.2, 0.25) is 5.89 Å². The minimum absolute atomic E-state index is 0.435. The van der Waals surface area contributed by atoms with Gasteiger partial charge in [-0.15, -0.1) is 0 Å². The number of carboxylic acids is 1. The standard InChI is InChI=1S/C25H25N3O3/c1-18-22(27-24(31-18)20-7-3-2-4-8-20)13-14-26-21-11-9-19(10-12-21)17-23(25(29)30)28-15-5-6-16-28/h2-12,15-16,23,26H,13-14,17H2,1H3,(H,29,30). The zero-order valence-electron chi connectivity index (χ0n) is 17.4. The number of hydrogen-bond acceptors (Lipinski definition) is 4.